The zero-order chi connectivity index (χ0) is 21.0. The first kappa shape index (κ1) is 20.3. The fourth-order valence-corrected chi connectivity index (χ4v) is 3.22. The maximum atomic E-state index is 12.8. The smallest absolute Gasteiger partial charge is 0.253 e. The molecule has 7 nitrogen and oxygen atoms in total. The molecule has 0 unspecified atom stereocenters. The minimum Gasteiger partial charge on any atom is -0.352 e. The molecule has 1 aliphatic rings. The SMILES string of the molecule is CC(C)(C)NC(=O)c1ccc(C(=O)N2CCN(c3ncccc3C#N)CC2)cc1. The van der Waals surface area contributed by atoms with Gasteiger partial charge in [-0.1, -0.05) is 0 Å². The number of amides is 2. The summed E-state index contributed by atoms with van der Waals surface area (Å²) in [5.41, 5.74) is 1.31. The minimum absolute atomic E-state index is 0.0612. The average Bonchev–Trinajstić information content (AvgIpc) is 2.72. The number of aromatic nitrogens is 1. The second-order valence-electron chi connectivity index (χ2n) is 8.05. The van der Waals surface area contributed by atoms with E-state index in [1.807, 2.05) is 25.7 Å². The second-order valence-corrected chi connectivity index (χ2v) is 8.05. The van der Waals surface area contributed by atoms with Crippen molar-refractivity contribution in [1.29, 1.82) is 5.26 Å². The second kappa shape index (κ2) is 8.31. The zero-order valence-electron chi connectivity index (χ0n) is 17.0. The average molecular weight is 391 g/mol. The summed E-state index contributed by atoms with van der Waals surface area (Å²) in [5, 5.41) is 12.2. The van der Waals surface area contributed by atoms with Gasteiger partial charge in [-0.05, 0) is 57.2 Å². The van der Waals surface area contributed by atoms with Crippen molar-refractivity contribution in [3.05, 3.63) is 59.3 Å². The molecule has 3 rings (SSSR count). The summed E-state index contributed by atoms with van der Waals surface area (Å²) in [5.74, 6) is 0.444. The Morgan fingerprint density at radius 1 is 1.03 bits per heavy atom. The maximum absolute atomic E-state index is 12.8. The first-order chi connectivity index (χ1) is 13.8. The molecule has 0 saturated carbocycles. The van der Waals surface area contributed by atoms with Gasteiger partial charge in [0.1, 0.15) is 11.9 Å². The number of carbonyl (C=O) groups excluding carboxylic acids is 2. The monoisotopic (exact) mass is 391 g/mol. The molecule has 1 aromatic heterocycles. The van der Waals surface area contributed by atoms with Crippen LogP contribution in [0, 0.1) is 11.3 Å². The van der Waals surface area contributed by atoms with Gasteiger partial charge in [0.2, 0.25) is 0 Å². The lowest BCUT2D eigenvalue weighted by molar-refractivity contribution is 0.0745. The number of hydrogen-bond donors (Lipinski definition) is 1. The molecule has 1 aliphatic heterocycles. The Hall–Kier alpha value is -3.40. The Bertz CT molecular complexity index is 933. The third kappa shape index (κ3) is 4.91. The maximum Gasteiger partial charge on any atom is 0.253 e. The van der Waals surface area contributed by atoms with Crippen LogP contribution in [0.1, 0.15) is 47.1 Å². The van der Waals surface area contributed by atoms with E-state index in [0.29, 0.717) is 48.7 Å². The van der Waals surface area contributed by atoms with Crippen molar-refractivity contribution in [2.75, 3.05) is 31.1 Å². The van der Waals surface area contributed by atoms with E-state index in [1.165, 1.54) is 0 Å². The summed E-state index contributed by atoms with van der Waals surface area (Å²) in [6.07, 6.45) is 1.67. The number of nitrogens with zero attached hydrogens (tertiary/aromatic N) is 4. The van der Waals surface area contributed by atoms with Gasteiger partial charge < -0.3 is 15.1 Å². The lowest BCUT2D eigenvalue weighted by Gasteiger charge is -2.35. The van der Waals surface area contributed by atoms with Crippen molar-refractivity contribution in [2.24, 2.45) is 0 Å². The normalized spacial score (nSPS) is 14.3. The fourth-order valence-electron chi connectivity index (χ4n) is 3.22. The third-order valence-electron chi connectivity index (χ3n) is 4.66. The number of pyridine rings is 1. The summed E-state index contributed by atoms with van der Waals surface area (Å²) in [6, 6.07) is 12.4. The van der Waals surface area contributed by atoms with E-state index < -0.39 is 0 Å². The van der Waals surface area contributed by atoms with Crippen LogP contribution in [0.4, 0.5) is 5.82 Å². The van der Waals surface area contributed by atoms with Crippen molar-refractivity contribution in [3.8, 4) is 6.07 Å². The highest BCUT2D eigenvalue weighted by atomic mass is 16.2. The number of carbonyl (C=O) groups is 2. The van der Waals surface area contributed by atoms with E-state index in [2.05, 4.69) is 16.4 Å². The molecule has 150 valence electrons. The van der Waals surface area contributed by atoms with Crippen LogP contribution in [-0.2, 0) is 0 Å². The van der Waals surface area contributed by atoms with Crippen molar-refractivity contribution >= 4 is 17.6 Å². The van der Waals surface area contributed by atoms with E-state index in [-0.39, 0.29) is 17.4 Å². The van der Waals surface area contributed by atoms with Gasteiger partial charge >= 0.3 is 0 Å². The van der Waals surface area contributed by atoms with Crippen LogP contribution in [0.25, 0.3) is 0 Å². The highest BCUT2D eigenvalue weighted by molar-refractivity contribution is 5.98. The van der Waals surface area contributed by atoms with Crippen LogP contribution in [-0.4, -0.2) is 53.4 Å². The van der Waals surface area contributed by atoms with Gasteiger partial charge in [-0.25, -0.2) is 4.98 Å². The number of benzene rings is 1. The quantitative estimate of drug-likeness (QED) is 0.868. The van der Waals surface area contributed by atoms with Gasteiger partial charge in [0, 0.05) is 49.0 Å². The van der Waals surface area contributed by atoms with E-state index in [1.54, 1.807) is 47.5 Å². The van der Waals surface area contributed by atoms with Crippen molar-refractivity contribution in [3.63, 3.8) is 0 Å². The van der Waals surface area contributed by atoms with Gasteiger partial charge in [-0.3, -0.25) is 9.59 Å². The Morgan fingerprint density at radius 2 is 1.66 bits per heavy atom. The first-order valence-corrected chi connectivity index (χ1v) is 9.60. The molecule has 7 heteroatoms. The summed E-state index contributed by atoms with van der Waals surface area (Å²) in [7, 11) is 0. The summed E-state index contributed by atoms with van der Waals surface area (Å²) in [4.78, 5) is 33.2. The van der Waals surface area contributed by atoms with E-state index in [0.717, 1.165) is 0 Å². The fraction of sp³-hybridized carbons (Fsp3) is 0.364. The first-order valence-electron chi connectivity index (χ1n) is 9.60. The van der Waals surface area contributed by atoms with Crippen LogP contribution in [0.5, 0.6) is 0 Å². The number of hydrogen-bond acceptors (Lipinski definition) is 5. The predicted octanol–water partition coefficient (Wildman–Crippen LogP) is 2.44. The molecule has 1 aromatic carbocycles. The van der Waals surface area contributed by atoms with Crippen LogP contribution >= 0.6 is 0 Å². The van der Waals surface area contributed by atoms with Gasteiger partial charge in [-0.15, -0.1) is 0 Å². The van der Waals surface area contributed by atoms with Crippen molar-refractivity contribution in [1.82, 2.24) is 15.2 Å². The minimum atomic E-state index is -0.315. The number of rotatable bonds is 3. The zero-order valence-corrected chi connectivity index (χ0v) is 17.0. The largest absolute Gasteiger partial charge is 0.352 e. The van der Waals surface area contributed by atoms with Crippen LogP contribution < -0.4 is 10.2 Å². The van der Waals surface area contributed by atoms with Crippen molar-refractivity contribution < 1.29 is 9.59 Å². The molecule has 2 amide bonds. The predicted molar refractivity (Wildman–Crippen MR) is 111 cm³/mol. The molecule has 2 heterocycles. The molecule has 0 atom stereocenters. The van der Waals surface area contributed by atoms with Gasteiger partial charge in [0.15, 0.2) is 0 Å². The molecule has 0 bridgehead atoms. The van der Waals surface area contributed by atoms with Gasteiger partial charge in [0.25, 0.3) is 11.8 Å². The molecular weight excluding hydrogens is 366 g/mol. The lowest BCUT2D eigenvalue weighted by atomic mass is 10.1. The number of nitrogens with one attached hydrogen (secondary N) is 1. The molecule has 0 aliphatic carbocycles. The standard InChI is InChI=1S/C22H25N5O2/c1-22(2,3)25-20(28)16-6-8-17(9-7-16)21(29)27-13-11-26(12-14-27)19-18(15-23)5-4-10-24-19/h4-10H,11-14H2,1-3H3,(H,25,28). The topological polar surface area (TPSA) is 89.3 Å². The molecular formula is C22H25N5O2. The number of nitriles is 1. The Balaban J connectivity index is 1.62. The number of anilines is 1. The van der Waals surface area contributed by atoms with Gasteiger partial charge in [0.05, 0.1) is 5.56 Å². The van der Waals surface area contributed by atoms with Crippen LogP contribution in [0.2, 0.25) is 0 Å². The Labute approximate surface area is 171 Å². The van der Waals surface area contributed by atoms with Crippen LogP contribution in [0.3, 0.4) is 0 Å². The molecule has 29 heavy (non-hydrogen) atoms. The molecule has 1 saturated heterocycles. The van der Waals surface area contributed by atoms with Crippen molar-refractivity contribution in [2.45, 2.75) is 26.3 Å². The molecule has 0 spiro atoms. The highest BCUT2D eigenvalue weighted by Crippen LogP contribution is 2.19. The van der Waals surface area contributed by atoms with Gasteiger partial charge in [-0.2, -0.15) is 5.26 Å². The van der Waals surface area contributed by atoms with E-state index in [4.69, 9.17) is 0 Å². The summed E-state index contributed by atoms with van der Waals surface area (Å²) < 4.78 is 0. The number of piperazine rings is 1. The molecule has 1 fully saturated rings. The lowest BCUT2D eigenvalue weighted by Crippen LogP contribution is -2.49. The highest BCUT2D eigenvalue weighted by Gasteiger charge is 2.24. The van der Waals surface area contributed by atoms with Crippen LogP contribution in [0.15, 0.2) is 42.6 Å². The summed E-state index contributed by atoms with van der Waals surface area (Å²) >= 11 is 0. The molecule has 1 N–H and O–H groups in total. The summed E-state index contributed by atoms with van der Waals surface area (Å²) in [6.45, 7) is 8.10. The Kier molecular flexibility index (Phi) is 5.83. The Morgan fingerprint density at radius 3 is 2.24 bits per heavy atom. The molecule has 2 aromatic rings. The van der Waals surface area contributed by atoms with E-state index >= 15 is 0 Å². The molecule has 0 radical (unpaired) electrons. The third-order valence-corrected chi connectivity index (χ3v) is 4.66. The van der Waals surface area contributed by atoms with E-state index in [9.17, 15) is 14.9 Å².